The van der Waals surface area contributed by atoms with E-state index in [1.54, 1.807) is 4.98 Å². The minimum absolute atomic E-state index is 0.120. The van der Waals surface area contributed by atoms with Gasteiger partial charge in [0.1, 0.15) is 17.2 Å². The molecular formula is C24H35F3N6O2. The Kier molecular flexibility index (Phi) is 8.40. The predicted molar refractivity (Wildman–Crippen MR) is 129 cm³/mol. The van der Waals surface area contributed by atoms with Crippen molar-refractivity contribution in [3.63, 3.8) is 0 Å². The minimum atomic E-state index is -4.79. The smallest absolute Gasteiger partial charge is 0.354 e. The summed E-state index contributed by atoms with van der Waals surface area (Å²) in [7, 11) is 0. The fraction of sp³-hybridized carbons (Fsp3) is 0.667. The third kappa shape index (κ3) is 7.16. The molecule has 1 N–H and O–H groups in total. The van der Waals surface area contributed by atoms with Gasteiger partial charge < -0.3 is 4.90 Å². The highest BCUT2D eigenvalue weighted by Gasteiger charge is 2.34. The molecule has 2 aromatic heterocycles. The van der Waals surface area contributed by atoms with E-state index in [1.807, 2.05) is 0 Å². The zero-order valence-electron chi connectivity index (χ0n) is 20.9. The average molecular weight is 497 g/mol. The number of aromatic amines is 1. The standard InChI is InChI=1S/C24H35F3N6O2/c1-5-8-17-15-19(29-21(28-17)23(2,3)4)32-13-11-31(12-14-32)9-6-7-10-33-16-18(24(25,26)27)20(34)30-22(33)35/h15-16H,5-14H2,1-4H3,(H,30,34,35). The van der Waals surface area contributed by atoms with Crippen LogP contribution >= 0.6 is 0 Å². The van der Waals surface area contributed by atoms with E-state index in [1.165, 1.54) is 0 Å². The molecule has 35 heavy (non-hydrogen) atoms. The molecule has 0 aliphatic carbocycles. The van der Waals surface area contributed by atoms with Crippen LogP contribution in [0, 0.1) is 0 Å². The van der Waals surface area contributed by atoms with Crippen molar-refractivity contribution < 1.29 is 13.2 Å². The van der Waals surface area contributed by atoms with Gasteiger partial charge in [-0.15, -0.1) is 0 Å². The molecule has 0 unspecified atom stereocenters. The Morgan fingerprint density at radius 1 is 1.00 bits per heavy atom. The Bertz CT molecular complexity index is 1110. The van der Waals surface area contributed by atoms with Crippen LogP contribution in [0.1, 0.15) is 64.0 Å². The zero-order valence-corrected chi connectivity index (χ0v) is 20.9. The number of alkyl halides is 3. The van der Waals surface area contributed by atoms with Gasteiger partial charge in [0.2, 0.25) is 0 Å². The van der Waals surface area contributed by atoms with Crippen molar-refractivity contribution in [2.45, 2.75) is 71.5 Å². The number of hydrogen-bond acceptors (Lipinski definition) is 6. The van der Waals surface area contributed by atoms with Gasteiger partial charge in [-0.3, -0.25) is 19.2 Å². The average Bonchev–Trinajstić information content (AvgIpc) is 2.77. The second-order valence-electron chi connectivity index (χ2n) is 10.1. The summed E-state index contributed by atoms with van der Waals surface area (Å²) in [6.07, 6.45) is -0.977. The van der Waals surface area contributed by atoms with Gasteiger partial charge in [0.05, 0.1) is 0 Å². The summed E-state index contributed by atoms with van der Waals surface area (Å²) in [6.45, 7) is 12.8. The first-order valence-corrected chi connectivity index (χ1v) is 12.1. The number of piperazine rings is 1. The van der Waals surface area contributed by atoms with Crippen LogP contribution in [-0.2, 0) is 24.6 Å². The number of aromatic nitrogens is 4. The van der Waals surface area contributed by atoms with Crippen LogP contribution in [-0.4, -0.2) is 57.1 Å². The lowest BCUT2D eigenvalue weighted by Gasteiger charge is -2.36. The molecule has 0 spiro atoms. The number of halogens is 3. The summed E-state index contributed by atoms with van der Waals surface area (Å²) in [4.78, 5) is 39.2. The van der Waals surface area contributed by atoms with Crippen molar-refractivity contribution in [2.75, 3.05) is 37.6 Å². The quantitative estimate of drug-likeness (QED) is 0.565. The molecule has 0 aromatic carbocycles. The van der Waals surface area contributed by atoms with E-state index in [4.69, 9.17) is 9.97 Å². The number of nitrogens with one attached hydrogen (secondary N) is 1. The van der Waals surface area contributed by atoms with Gasteiger partial charge in [-0.2, -0.15) is 13.2 Å². The molecular weight excluding hydrogens is 461 g/mol. The van der Waals surface area contributed by atoms with Crippen molar-refractivity contribution >= 4 is 5.82 Å². The first-order valence-electron chi connectivity index (χ1n) is 12.1. The minimum Gasteiger partial charge on any atom is -0.354 e. The Labute approximate surface area is 203 Å². The highest BCUT2D eigenvalue weighted by molar-refractivity contribution is 5.41. The van der Waals surface area contributed by atoms with Crippen molar-refractivity contribution in [3.8, 4) is 0 Å². The lowest BCUT2D eigenvalue weighted by Crippen LogP contribution is -2.47. The molecule has 1 aliphatic heterocycles. The normalized spacial score (nSPS) is 15.6. The predicted octanol–water partition coefficient (Wildman–Crippen LogP) is 3.20. The molecule has 1 aliphatic rings. The molecule has 3 heterocycles. The van der Waals surface area contributed by atoms with Crippen LogP contribution in [0.15, 0.2) is 21.9 Å². The maximum Gasteiger partial charge on any atom is 0.423 e. The van der Waals surface area contributed by atoms with E-state index in [9.17, 15) is 22.8 Å². The van der Waals surface area contributed by atoms with Crippen molar-refractivity contribution in [2.24, 2.45) is 0 Å². The fourth-order valence-electron chi connectivity index (χ4n) is 4.06. The van der Waals surface area contributed by atoms with Crippen molar-refractivity contribution in [1.29, 1.82) is 0 Å². The number of H-pyrrole nitrogens is 1. The Hall–Kier alpha value is -2.69. The maximum atomic E-state index is 12.9. The lowest BCUT2D eigenvalue weighted by molar-refractivity contribution is -0.139. The molecule has 1 fully saturated rings. The van der Waals surface area contributed by atoms with E-state index in [0.717, 1.165) is 73.9 Å². The number of anilines is 1. The molecule has 8 nitrogen and oxygen atoms in total. The first-order chi connectivity index (χ1) is 16.4. The molecule has 0 atom stereocenters. The molecule has 0 amide bonds. The summed E-state index contributed by atoms with van der Waals surface area (Å²) in [5.41, 5.74) is -2.64. The van der Waals surface area contributed by atoms with Gasteiger partial charge in [-0.1, -0.05) is 34.1 Å². The van der Waals surface area contributed by atoms with E-state index < -0.39 is 23.0 Å². The van der Waals surface area contributed by atoms with E-state index in [2.05, 4.69) is 43.6 Å². The maximum absolute atomic E-state index is 12.9. The van der Waals surface area contributed by atoms with Gasteiger partial charge in [0.15, 0.2) is 0 Å². The van der Waals surface area contributed by atoms with Crippen molar-refractivity contribution in [3.05, 3.63) is 50.2 Å². The van der Waals surface area contributed by atoms with Crippen LogP contribution in [0.4, 0.5) is 19.0 Å². The third-order valence-corrected chi connectivity index (χ3v) is 6.08. The Morgan fingerprint density at radius 2 is 1.66 bits per heavy atom. The zero-order chi connectivity index (χ0) is 25.8. The summed E-state index contributed by atoms with van der Waals surface area (Å²) < 4.78 is 39.7. The monoisotopic (exact) mass is 496 g/mol. The molecule has 0 saturated carbocycles. The topological polar surface area (TPSA) is 87.1 Å². The molecule has 1 saturated heterocycles. The van der Waals surface area contributed by atoms with Gasteiger partial charge in [0, 0.05) is 56.1 Å². The fourth-order valence-corrected chi connectivity index (χ4v) is 4.06. The highest BCUT2D eigenvalue weighted by atomic mass is 19.4. The molecule has 194 valence electrons. The van der Waals surface area contributed by atoms with Crippen molar-refractivity contribution in [1.82, 2.24) is 24.4 Å². The summed E-state index contributed by atoms with van der Waals surface area (Å²) in [5, 5.41) is 0. The largest absolute Gasteiger partial charge is 0.423 e. The van der Waals surface area contributed by atoms with Gasteiger partial charge in [-0.05, 0) is 25.8 Å². The Balaban J connectivity index is 1.53. The summed E-state index contributed by atoms with van der Waals surface area (Å²) in [6, 6.07) is 2.09. The van der Waals surface area contributed by atoms with Crippen LogP contribution in [0.5, 0.6) is 0 Å². The SMILES string of the molecule is CCCc1cc(N2CCN(CCCCn3cc(C(F)(F)F)c(=O)[nH]c3=O)CC2)nc(C(C)(C)C)n1. The van der Waals surface area contributed by atoms with E-state index in [0.29, 0.717) is 12.6 Å². The summed E-state index contributed by atoms with van der Waals surface area (Å²) in [5.74, 6) is 1.82. The van der Waals surface area contributed by atoms with Gasteiger partial charge >= 0.3 is 11.9 Å². The van der Waals surface area contributed by atoms with E-state index in [-0.39, 0.29) is 12.0 Å². The third-order valence-electron chi connectivity index (χ3n) is 6.08. The molecule has 0 radical (unpaired) electrons. The van der Waals surface area contributed by atoms with Crippen LogP contribution in [0.25, 0.3) is 0 Å². The number of nitrogens with zero attached hydrogens (tertiary/aromatic N) is 5. The number of hydrogen-bond donors (Lipinski definition) is 1. The van der Waals surface area contributed by atoms with Crippen LogP contribution < -0.4 is 16.1 Å². The number of aryl methyl sites for hydroxylation is 2. The first kappa shape index (κ1) is 26.9. The van der Waals surface area contributed by atoms with Gasteiger partial charge in [-0.25, -0.2) is 14.8 Å². The number of unbranched alkanes of at least 4 members (excludes halogenated alkanes) is 1. The molecule has 2 aromatic rings. The van der Waals surface area contributed by atoms with Gasteiger partial charge in [0.25, 0.3) is 5.56 Å². The molecule has 3 rings (SSSR count). The second kappa shape index (κ2) is 10.9. The highest BCUT2D eigenvalue weighted by Crippen LogP contribution is 2.26. The van der Waals surface area contributed by atoms with Crippen LogP contribution in [0.2, 0.25) is 0 Å². The lowest BCUT2D eigenvalue weighted by atomic mass is 9.95. The summed E-state index contributed by atoms with van der Waals surface area (Å²) >= 11 is 0. The van der Waals surface area contributed by atoms with E-state index >= 15 is 0 Å². The number of rotatable bonds is 8. The second-order valence-corrected chi connectivity index (χ2v) is 10.1. The molecule has 0 bridgehead atoms. The molecule has 11 heteroatoms. The van der Waals surface area contributed by atoms with Crippen LogP contribution in [0.3, 0.4) is 0 Å². The Morgan fingerprint density at radius 3 is 2.26 bits per heavy atom.